The van der Waals surface area contributed by atoms with Gasteiger partial charge in [0.05, 0.1) is 17.8 Å². The third-order valence-corrected chi connectivity index (χ3v) is 6.25. The number of imidazole rings is 1. The Morgan fingerprint density at radius 3 is 2.71 bits per heavy atom. The molecule has 6 nitrogen and oxygen atoms in total. The number of thiophene rings is 1. The van der Waals surface area contributed by atoms with Crippen molar-refractivity contribution in [3.05, 3.63) is 94.3 Å². The fourth-order valence-corrected chi connectivity index (χ4v) is 4.42. The van der Waals surface area contributed by atoms with E-state index in [0.29, 0.717) is 11.3 Å². The van der Waals surface area contributed by atoms with Gasteiger partial charge in [0.25, 0.3) is 5.91 Å². The minimum atomic E-state index is -0.102. The molecule has 1 amide bonds. The van der Waals surface area contributed by atoms with Crippen LogP contribution in [0.3, 0.4) is 0 Å². The van der Waals surface area contributed by atoms with Crippen LogP contribution in [-0.4, -0.2) is 24.8 Å². The number of hydrogen-bond donors (Lipinski definition) is 1. The number of fused-ring (bicyclic) bond motifs is 1. The van der Waals surface area contributed by atoms with Gasteiger partial charge in [0.2, 0.25) is 5.78 Å². The first kappa shape index (κ1) is 19.3. The number of benzene rings is 1. The van der Waals surface area contributed by atoms with Crippen LogP contribution in [0.1, 0.15) is 26.6 Å². The number of anilines is 1. The molecule has 0 unspecified atom stereocenters. The maximum Gasteiger partial charge on any atom is 0.257 e. The zero-order valence-corrected chi connectivity index (χ0v) is 18.1. The summed E-state index contributed by atoms with van der Waals surface area (Å²) in [4.78, 5) is 23.0. The molecule has 0 fully saturated rings. The zero-order chi connectivity index (χ0) is 21.4. The molecule has 0 aliphatic rings. The lowest BCUT2D eigenvalue weighted by atomic mass is 10.1. The Bertz CT molecular complexity index is 1330. The van der Waals surface area contributed by atoms with Crippen LogP contribution in [-0.2, 0) is 6.54 Å². The highest BCUT2D eigenvalue weighted by molar-refractivity contribution is 7.09. The fourth-order valence-electron chi connectivity index (χ4n) is 3.72. The first-order chi connectivity index (χ1) is 15.1. The SMILES string of the molecule is Cc1cc(C(=O)Nc2ccc(-c3cn4cccnc4n3)cc2)c(C)n1Cc1cccs1. The number of aryl methyl sites for hydroxylation is 1. The van der Waals surface area contributed by atoms with Gasteiger partial charge in [-0.15, -0.1) is 11.3 Å². The molecule has 5 aromatic rings. The third kappa shape index (κ3) is 3.75. The molecular weight excluding hydrogens is 406 g/mol. The van der Waals surface area contributed by atoms with E-state index < -0.39 is 0 Å². The van der Waals surface area contributed by atoms with Gasteiger partial charge in [0.15, 0.2) is 0 Å². The highest BCUT2D eigenvalue weighted by Gasteiger charge is 2.16. The van der Waals surface area contributed by atoms with E-state index in [-0.39, 0.29) is 5.91 Å². The number of hydrogen-bond acceptors (Lipinski definition) is 4. The van der Waals surface area contributed by atoms with Gasteiger partial charge in [-0.25, -0.2) is 9.97 Å². The van der Waals surface area contributed by atoms with Gasteiger partial charge in [-0.2, -0.15) is 0 Å². The summed E-state index contributed by atoms with van der Waals surface area (Å²) in [5.74, 6) is 0.558. The number of aromatic nitrogens is 4. The van der Waals surface area contributed by atoms with Gasteiger partial charge in [-0.1, -0.05) is 18.2 Å². The maximum atomic E-state index is 12.9. The lowest BCUT2D eigenvalue weighted by molar-refractivity contribution is 0.102. The predicted octanol–water partition coefficient (Wildman–Crippen LogP) is 5.18. The van der Waals surface area contributed by atoms with Gasteiger partial charge < -0.3 is 9.88 Å². The number of rotatable bonds is 5. The molecule has 1 N–H and O–H groups in total. The summed E-state index contributed by atoms with van der Waals surface area (Å²) in [7, 11) is 0. The fraction of sp³-hybridized carbons (Fsp3) is 0.125. The molecule has 0 spiro atoms. The van der Waals surface area contributed by atoms with Crippen LogP contribution >= 0.6 is 11.3 Å². The van der Waals surface area contributed by atoms with E-state index in [4.69, 9.17) is 0 Å². The summed E-state index contributed by atoms with van der Waals surface area (Å²) < 4.78 is 4.07. The van der Waals surface area contributed by atoms with Crippen LogP contribution in [0.15, 0.2) is 72.5 Å². The van der Waals surface area contributed by atoms with E-state index in [1.54, 1.807) is 17.5 Å². The van der Waals surface area contributed by atoms with Crippen molar-refractivity contribution < 1.29 is 4.79 Å². The Labute approximate surface area is 183 Å². The van der Waals surface area contributed by atoms with Crippen LogP contribution < -0.4 is 5.32 Å². The van der Waals surface area contributed by atoms with Crippen LogP contribution in [0.25, 0.3) is 17.0 Å². The highest BCUT2D eigenvalue weighted by Crippen LogP contribution is 2.23. The van der Waals surface area contributed by atoms with Crippen LogP contribution in [0.5, 0.6) is 0 Å². The smallest absolute Gasteiger partial charge is 0.257 e. The molecule has 0 atom stereocenters. The second kappa shape index (κ2) is 7.85. The van der Waals surface area contributed by atoms with Crippen molar-refractivity contribution >= 4 is 28.7 Å². The molecule has 0 saturated heterocycles. The molecule has 5 rings (SSSR count). The number of carbonyl (C=O) groups excluding carboxylic acids is 1. The standard InChI is InChI=1S/C24H21N5OS/c1-16-13-21(17(2)29(16)14-20-5-3-12-31-20)23(30)26-19-8-6-18(7-9-19)22-15-28-11-4-10-25-24(28)27-22/h3-13,15H,14H2,1-2H3,(H,26,30). The summed E-state index contributed by atoms with van der Waals surface area (Å²) >= 11 is 1.72. The molecule has 0 saturated carbocycles. The van der Waals surface area contributed by atoms with Gasteiger partial charge >= 0.3 is 0 Å². The van der Waals surface area contributed by atoms with Crippen molar-refractivity contribution in [1.82, 2.24) is 18.9 Å². The minimum absolute atomic E-state index is 0.102. The van der Waals surface area contributed by atoms with E-state index in [0.717, 1.165) is 34.9 Å². The molecule has 31 heavy (non-hydrogen) atoms. The summed E-state index contributed by atoms with van der Waals surface area (Å²) in [6.45, 7) is 4.82. The number of carbonyl (C=O) groups is 1. The first-order valence-corrected chi connectivity index (χ1v) is 10.9. The molecule has 7 heteroatoms. The van der Waals surface area contributed by atoms with Crippen molar-refractivity contribution in [1.29, 1.82) is 0 Å². The van der Waals surface area contributed by atoms with Crippen molar-refractivity contribution in [2.24, 2.45) is 0 Å². The molecule has 0 radical (unpaired) electrons. The van der Waals surface area contributed by atoms with Crippen molar-refractivity contribution in [3.63, 3.8) is 0 Å². The van der Waals surface area contributed by atoms with E-state index in [1.165, 1.54) is 4.88 Å². The monoisotopic (exact) mass is 427 g/mol. The van der Waals surface area contributed by atoms with Crippen molar-refractivity contribution in [2.45, 2.75) is 20.4 Å². The third-order valence-electron chi connectivity index (χ3n) is 5.39. The molecule has 1 aromatic carbocycles. The molecule has 0 aliphatic heterocycles. The van der Waals surface area contributed by atoms with Gasteiger partial charge in [-0.3, -0.25) is 9.20 Å². The number of amides is 1. The Morgan fingerprint density at radius 2 is 1.97 bits per heavy atom. The average Bonchev–Trinajstić information content (AvgIpc) is 3.50. The van der Waals surface area contributed by atoms with E-state index >= 15 is 0 Å². The van der Waals surface area contributed by atoms with Crippen molar-refractivity contribution in [3.8, 4) is 11.3 Å². The van der Waals surface area contributed by atoms with Crippen LogP contribution in [0.2, 0.25) is 0 Å². The minimum Gasteiger partial charge on any atom is -0.343 e. The summed E-state index contributed by atoms with van der Waals surface area (Å²) in [6, 6.07) is 15.7. The summed E-state index contributed by atoms with van der Waals surface area (Å²) in [5.41, 5.74) is 5.30. The maximum absolute atomic E-state index is 12.9. The van der Waals surface area contributed by atoms with Crippen molar-refractivity contribution in [2.75, 3.05) is 5.32 Å². The predicted molar refractivity (Wildman–Crippen MR) is 124 cm³/mol. The highest BCUT2D eigenvalue weighted by atomic mass is 32.1. The molecule has 154 valence electrons. The quantitative estimate of drug-likeness (QED) is 0.420. The second-order valence-corrected chi connectivity index (χ2v) is 8.47. The largest absolute Gasteiger partial charge is 0.343 e. The Hall–Kier alpha value is -3.71. The Balaban J connectivity index is 1.34. The first-order valence-electron chi connectivity index (χ1n) is 9.99. The van der Waals surface area contributed by atoms with Crippen LogP contribution in [0.4, 0.5) is 5.69 Å². The van der Waals surface area contributed by atoms with E-state index in [9.17, 15) is 4.79 Å². The molecule has 4 aromatic heterocycles. The molecule has 0 aliphatic carbocycles. The zero-order valence-electron chi connectivity index (χ0n) is 17.2. The van der Waals surface area contributed by atoms with Gasteiger partial charge in [-0.05, 0) is 49.6 Å². The van der Waals surface area contributed by atoms with E-state index in [2.05, 4.69) is 31.3 Å². The topological polar surface area (TPSA) is 64.2 Å². The molecule has 0 bridgehead atoms. The summed E-state index contributed by atoms with van der Waals surface area (Å²) in [6.07, 6.45) is 5.59. The van der Waals surface area contributed by atoms with Gasteiger partial charge in [0, 0.05) is 46.1 Å². The van der Waals surface area contributed by atoms with Crippen LogP contribution in [0, 0.1) is 13.8 Å². The second-order valence-electron chi connectivity index (χ2n) is 7.43. The molecular formula is C24H21N5OS. The Kier molecular flexibility index (Phi) is 4.88. The van der Waals surface area contributed by atoms with Gasteiger partial charge in [0.1, 0.15) is 0 Å². The average molecular weight is 428 g/mol. The van der Waals surface area contributed by atoms with E-state index in [1.807, 2.05) is 73.1 Å². The summed E-state index contributed by atoms with van der Waals surface area (Å²) in [5, 5.41) is 5.09. The number of nitrogens with one attached hydrogen (secondary N) is 1. The lowest BCUT2D eigenvalue weighted by Crippen LogP contribution is -2.13. The number of nitrogens with zero attached hydrogens (tertiary/aromatic N) is 4. The molecule has 4 heterocycles. The Morgan fingerprint density at radius 1 is 1.13 bits per heavy atom. The lowest BCUT2D eigenvalue weighted by Gasteiger charge is -2.09. The normalized spacial score (nSPS) is 11.2.